The zero-order chi connectivity index (χ0) is 15.5. The lowest BCUT2D eigenvalue weighted by Crippen LogP contribution is -2.41. The van der Waals surface area contributed by atoms with Crippen molar-refractivity contribution >= 4 is 0 Å². The van der Waals surface area contributed by atoms with Crippen LogP contribution in [0.3, 0.4) is 0 Å². The van der Waals surface area contributed by atoms with Gasteiger partial charge in [0.25, 0.3) is 0 Å². The summed E-state index contributed by atoms with van der Waals surface area (Å²) in [6.07, 6.45) is 6.12. The SMILES string of the molecule is CCc1noc(C2CCC(NC[C@@H]3C[C@@H](O)CN3C)CC2)n1. The van der Waals surface area contributed by atoms with E-state index in [1.165, 1.54) is 0 Å². The molecule has 1 saturated carbocycles. The Labute approximate surface area is 132 Å². The minimum atomic E-state index is -0.155. The van der Waals surface area contributed by atoms with Gasteiger partial charge >= 0.3 is 0 Å². The van der Waals surface area contributed by atoms with E-state index in [0.29, 0.717) is 18.0 Å². The summed E-state index contributed by atoms with van der Waals surface area (Å²) in [5.41, 5.74) is 0. The van der Waals surface area contributed by atoms with Gasteiger partial charge in [-0.3, -0.25) is 4.90 Å². The number of nitrogens with one attached hydrogen (secondary N) is 1. The van der Waals surface area contributed by atoms with E-state index >= 15 is 0 Å². The molecule has 124 valence electrons. The van der Waals surface area contributed by atoms with Crippen molar-refractivity contribution in [3.05, 3.63) is 11.7 Å². The van der Waals surface area contributed by atoms with E-state index in [9.17, 15) is 5.11 Å². The topological polar surface area (TPSA) is 74.4 Å². The number of nitrogens with zero attached hydrogens (tertiary/aromatic N) is 3. The van der Waals surface area contributed by atoms with E-state index in [4.69, 9.17) is 4.52 Å². The molecule has 0 bridgehead atoms. The predicted molar refractivity (Wildman–Crippen MR) is 83.7 cm³/mol. The van der Waals surface area contributed by atoms with Crippen LogP contribution < -0.4 is 5.32 Å². The lowest BCUT2D eigenvalue weighted by molar-refractivity contribution is 0.182. The van der Waals surface area contributed by atoms with Gasteiger partial charge in [0.1, 0.15) is 0 Å². The average Bonchev–Trinajstić information content (AvgIpc) is 3.12. The Bertz CT molecular complexity index is 470. The number of likely N-dealkylation sites (N-methyl/N-ethyl adjacent to an activating group) is 1. The Balaban J connectivity index is 1.42. The Kier molecular flexibility index (Phi) is 5.10. The number of hydrogen-bond acceptors (Lipinski definition) is 6. The third-order valence-corrected chi connectivity index (χ3v) is 5.18. The lowest BCUT2D eigenvalue weighted by Gasteiger charge is -2.29. The molecule has 1 aliphatic heterocycles. The number of aromatic nitrogens is 2. The van der Waals surface area contributed by atoms with Gasteiger partial charge in [0.2, 0.25) is 5.89 Å². The first-order valence-electron chi connectivity index (χ1n) is 8.59. The summed E-state index contributed by atoms with van der Waals surface area (Å²) in [7, 11) is 2.10. The Morgan fingerprint density at radius 3 is 2.68 bits per heavy atom. The number of aliphatic hydroxyl groups excluding tert-OH is 1. The van der Waals surface area contributed by atoms with Crippen molar-refractivity contribution in [3.8, 4) is 0 Å². The Morgan fingerprint density at radius 2 is 2.09 bits per heavy atom. The zero-order valence-electron chi connectivity index (χ0n) is 13.7. The average molecular weight is 308 g/mol. The second-order valence-electron chi connectivity index (χ2n) is 6.84. The maximum Gasteiger partial charge on any atom is 0.229 e. The smallest absolute Gasteiger partial charge is 0.229 e. The Morgan fingerprint density at radius 1 is 1.32 bits per heavy atom. The van der Waals surface area contributed by atoms with E-state index in [-0.39, 0.29) is 6.10 Å². The van der Waals surface area contributed by atoms with Crippen LogP contribution in [0.5, 0.6) is 0 Å². The zero-order valence-corrected chi connectivity index (χ0v) is 13.7. The normalized spacial score (nSPS) is 33.4. The molecule has 3 rings (SSSR count). The van der Waals surface area contributed by atoms with Gasteiger partial charge < -0.3 is 14.9 Å². The fourth-order valence-electron chi connectivity index (χ4n) is 3.71. The van der Waals surface area contributed by atoms with Crippen molar-refractivity contribution in [2.75, 3.05) is 20.1 Å². The molecule has 6 nitrogen and oxygen atoms in total. The van der Waals surface area contributed by atoms with E-state index in [1.54, 1.807) is 0 Å². The van der Waals surface area contributed by atoms with Crippen molar-refractivity contribution in [2.24, 2.45) is 0 Å². The molecule has 0 amide bonds. The summed E-state index contributed by atoms with van der Waals surface area (Å²) < 4.78 is 5.38. The largest absolute Gasteiger partial charge is 0.392 e. The molecule has 22 heavy (non-hydrogen) atoms. The van der Waals surface area contributed by atoms with Gasteiger partial charge in [0.05, 0.1) is 6.10 Å². The van der Waals surface area contributed by atoms with Crippen LogP contribution in [-0.2, 0) is 6.42 Å². The molecule has 1 aromatic rings. The molecule has 0 unspecified atom stereocenters. The van der Waals surface area contributed by atoms with E-state index in [1.807, 2.05) is 6.92 Å². The van der Waals surface area contributed by atoms with E-state index in [2.05, 4.69) is 27.4 Å². The molecule has 2 heterocycles. The fourth-order valence-corrected chi connectivity index (χ4v) is 3.71. The van der Waals surface area contributed by atoms with Crippen molar-refractivity contribution in [2.45, 2.75) is 69.6 Å². The second kappa shape index (κ2) is 7.06. The van der Waals surface area contributed by atoms with Gasteiger partial charge in [-0.25, -0.2) is 0 Å². The first kappa shape index (κ1) is 15.9. The number of hydrogen-bond donors (Lipinski definition) is 2. The molecule has 1 aromatic heterocycles. The van der Waals surface area contributed by atoms with Crippen LogP contribution in [0.4, 0.5) is 0 Å². The number of rotatable bonds is 5. The molecule has 0 spiro atoms. The molecule has 2 fully saturated rings. The van der Waals surface area contributed by atoms with Crippen LogP contribution in [0.25, 0.3) is 0 Å². The van der Waals surface area contributed by atoms with Gasteiger partial charge in [0.15, 0.2) is 5.82 Å². The molecule has 2 aliphatic rings. The molecule has 0 radical (unpaired) electrons. The molecular formula is C16H28N4O2. The molecule has 1 saturated heterocycles. The number of aliphatic hydroxyl groups is 1. The van der Waals surface area contributed by atoms with E-state index < -0.39 is 0 Å². The van der Waals surface area contributed by atoms with Crippen LogP contribution in [0, 0.1) is 0 Å². The first-order chi connectivity index (χ1) is 10.7. The summed E-state index contributed by atoms with van der Waals surface area (Å²) >= 11 is 0. The van der Waals surface area contributed by atoms with Crippen LogP contribution >= 0.6 is 0 Å². The maximum absolute atomic E-state index is 9.70. The molecule has 6 heteroatoms. The highest BCUT2D eigenvalue weighted by atomic mass is 16.5. The minimum absolute atomic E-state index is 0.155. The van der Waals surface area contributed by atoms with Crippen molar-refractivity contribution in [3.63, 3.8) is 0 Å². The summed E-state index contributed by atoms with van der Waals surface area (Å²) in [5.74, 6) is 2.08. The van der Waals surface area contributed by atoms with E-state index in [0.717, 1.165) is 63.3 Å². The second-order valence-corrected chi connectivity index (χ2v) is 6.84. The maximum atomic E-state index is 9.70. The minimum Gasteiger partial charge on any atom is -0.392 e. The standard InChI is InChI=1S/C16H28N4O2/c1-3-15-18-16(22-19-15)11-4-6-12(7-5-11)17-9-13-8-14(21)10-20(13)2/h11-14,17,21H,3-10H2,1-2H3/t11?,12?,13-,14+/m0/s1. The molecule has 2 atom stereocenters. The van der Waals surface area contributed by atoms with Gasteiger partial charge in [-0.1, -0.05) is 12.1 Å². The summed E-state index contributed by atoms with van der Waals surface area (Å²) in [4.78, 5) is 6.73. The summed E-state index contributed by atoms with van der Waals surface area (Å²) in [5, 5.41) is 17.4. The third-order valence-electron chi connectivity index (χ3n) is 5.18. The van der Waals surface area contributed by atoms with Crippen LogP contribution in [0.15, 0.2) is 4.52 Å². The monoisotopic (exact) mass is 308 g/mol. The Hall–Kier alpha value is -0.980. The summed E-state index contributed by atoms with van der Waals surface area (Å²) in [6, 6.07) is 1.05. The van der Waals surface area contributed by atoms with Gasteiger partial charge in [-0.2, -0.15) is 4.98 Å². The predicted octanol–water partition coefficient (Wildman–Crippen LogP) is 1.31. The van der Waals surface area contributed by atoms with Gasteiger partial charge in [-0.15, -0.1) is 0 Å². The fraction of sp³-hybridized carbons (Fsp3) is 0.875. The van der Waals surface area contributed by atoms with Crippen molar-refractivity contribution < 1.29 is 9.63 Å². The molecule has 0 aromatic carbocycles. The lowest BCUT2D eigenvalue weighted by atomic mass is 9.86. The number of likely N-dealkylation sites (tertiary alicyclic amines) is 1. The molecular weight excluding hydrogens is 280 g/mol. The third kappa shape index (κ3) is 3.67. The van der Waals surface area contributed by atoms with Crippen LogP contribution in [0.1, 0.15) is 56.7 Å². The first-order valence-corrected chi connectivity index (χ1v) is 8.59. The van der Waals surface area contributed by atoms with Crippen LogP contribution in [-0.4, -0.2) is 58.5 Å². The highest BCUT2D eigenvalue weighted by molar-refractivity contribution is 4.97. The molecule has 1 aliphatic carbocycles. The number of aryl methyl sites for hydroxylation is 1. The highest BCUT2D eigenvalue weighted by Crippen LogP contribution is 2.32. The van der Waals surface area contributed by atoms with Crippen LogP contribution in [0.2, 0.25) is 0 Å². The number of β-amino-alcohol motifs (C(OH)–C–C–N with tert-alkyl or cyclic N) is 1. The van der Waals surface area contributed by atoms with Crippen molar-refractivity contribution in [1.82, 2.24) is 20.4 Å². The van der Waals surface area contributed by atoms with Gasteiger partial charge in [0, 0.05) is 37.5 Å². The quantitative estimate of drug-likeness (QED) is 0.854. The van der Waals surface area contributed by atoms with Gasteiger partial charge in [-0.05, 0) is 39.2 Å². The summed E-state index contributed by atoms with van der Waals surface area (Å²) in [6.45, 7) is 3.83. The van der Waals surface area contributed by atoms with Crippen molar-refractivity contribution in [1.29, 1.82) is 0 Å². The highest BCUT2D eigenvalue weighted by Gasteiger charge is 2.30. The molecule has 2 N–H and O–H groups in total.